The Bertz CT molecular complexity index is 282. The molecule has 0 aromatic carbocycles. The van der Waals surface area contributed by atoms with Gasteiger partial charge in [0, 0.05) is 6.04 Å². The van der Waals surface area contributed by atoms with Gasteiger partial charge in [0.2, 0.25) is 5.91 Å². The van der Waals surface area contributed by atoms with Gasteiger partial charge in [0.05, 0.1) is 4.75 Å². The quantitative estimate of drug-likeness (QED) is 0.805. The van der Waals surface area contributed by atoms with E-state index >= 15 is 0 Å². The number of carbonyl (C=O) groups excluding carboxylic acids is 1. The average Bonchev–Trinajstić information content (AvgIpc) is 2.74. The van der Waals surface area contributed by atoms with Crippen molar-refractivity contribution in [1.29, 1.82) is 0 Å². The molecule has 3 heteroatoms. The summed E-state index contributed by atoms with van der Waals surface area (Å²) in [5.41, 5.74) is 0.418. The molecule has 0 spiro atoms. The van der Waals surface area contributed by atoms with E-state index in [-0.39, 0.29) is 10.7 Å². The van der Waals surface area contributed by atoms with Gasteiger partial charge in [-0.1, -0.05) is 13.8 Å². The first kappa shape index (κ1) is 12.3. The highest BCUT2D eigenvalue weighted by atomic mass is 32.2. The maximum atomic E-state index is 12.2. The number of nitrogens with one attached hydrogen (secondary N) is 1. The molecular formula is C13H23NOS. The highest BCUT2D eigenvalue weighted by Crippen LogP contribution is 2.40. The maximum absolute atomic E-state index is 12.2. The molecule has 92 valence electrons. The van der Waals surface area contributed by atoms with E-state index in [1.54, 1.807) is 0 Å². The molecule has 1 aliphatic carbocycles. The third kappa shape index (κ3) is 2.55. The zero-order chi connectivity index (χ0) is 11.8. The number of amides is 1. The Kier molecular flexibility index (Phi) is 3.26. The number of carbonyl (C=O) groups is 1. The number of thioether (sulfide) groups is 1. The van der Waals surface area contributed by atoms with Crippen LogP contribution < -0.4 is 5.32 Å². The van der Waals surface area contributed by atoms with Gasteiger partial charge in [-0.25, -0.2) is 0 Å². The third-order valence-electron chi connectivity index (χ3n) is 4.00. The molecule has 2 aliphatic rings. The second kappa shape index (κ2) is 4.25. The monoisotopic (exact) mass is 241 g/mol. The van der Waals surface area contributed by atoms with Gasteiger partial charge in [-0.2, -0.15) is 0 Å². The zero-order valence-corrected chi connectivity index (χ0v) is 11.5. The highest BCUT2D eigenvalue weighted by molar-refractivity contribution is 8.01. The SMILES string of the molecule is CC1(C)CCC(NC(=O)C2(C)CCCS2)C1. The van der Waals surface area contributed by atoms with Crippen LogP contribution in [0.4, 0.5) is 0 Å². The summed E-state index contributed by atoms with van der Waals surface area (Å²) in [5, 5.41) is 3.26. The lowest BCUT2D eigenvalue weighted by Crippen LogP contribution is -2.44. The molecule has 16 heavy (non-hydrogen) atoms. The Hall–Kier alpha value is -0.180. The first-order valence-corrected chi connectivity index (χ1v) is 7.35. The van der Waals surface area contributed by atoms with Crippen molar-refractivity contribution in [3.63, 3.8) is 0 Å². The van der Waals surface area contributed by atoms with Gasteiger partial charge in [0.1, 0.15) is 0 Å². The largest absolute Gasteiger partial charge is 0.352 e. The van der Waals surface area contributed by atoms with E-state index in [2.05, 4.69) is 26.1 Å². The minimum absolute atomic E-state index is 0.146. The van der Waals surface area contributed by atoms with Crippen molar-refractivity contribution in [2.75, 3.05) is 5.75 Å². The van der Waals surface area contributed by atoms with Gasteiger partial charge in [0.15, 0.2) is 0 Å². The van der Waals surface area contributed by atoms with E-state index in [1.807, 2.05) is 11.8 Å². The second-order valence-corrected chi connectivity index (χ2v) is 7.86. The lowest BCUT2D eigenvalue weighted by atomic mass is 9.92. The Balaban J connectivity index is 1.88. The molecule has 1 amide bonds. The first-order chi connectivity index (χ1) is 7.41. The molecular weight excluding hydrogens is 218 g/mol. The summed E-state index contributed by atoms with van der Waals surface area (Å²) in [6.45, 7) is 6.69. The van der Waals surface area contributed by atoms with Gasteiger partial charge in [0.25, 0.3) is 0 Å². The van der Waals surface area contributed by atoms with E-state index in [4.69, 9.17) is 0 Å². The molecule has 0 aromatic rings. The third-order valence-corrected chi connectivity index (χ3v) is 5.52. The van der Waals surface area contributed by atoms with Crippen molar-refractivity contribution in [2.45, 2.75) is 63.7 Å². The van der Waals surface area contributed by atoms with Gasteiger partial charge in [-0.3, -0.25) is 4.79 Å². The Morgan fingerprint density at radius 3 is 2.56 bits per heavy atom. The predicted molar refractivity (Wildman–Crippen MR) is 69.7 cm³/mol. The van der Waals surface area contributed by atoms with Gasteiger partial charge >= 0.3 is 0 Å². The van der Waals surface area contributed by atoms with Gasteiger partial charge in [-0.05, 0) is 50.2 Å². The fourth-order valence-corrected chi connectivity index (χ4v) is 4.07. The Morgan fingerprint density at radius 1 is 1.31 bits per heavy atom. The molecule has 2 unspecified atom stereocenters. The topological polar surface area (TPSA) is 29.1 Å². The van der Waals surface area contributed by atoms with E-state index in [1.165, 1.54) is 12.8 Å². The number of rotatable bonds is 2. The van der Waals surface area contributed by atoms with Crippen LogP contribution >= 0.6 is 11.8 Å². The van der Waals surface area contributed by atoms with Crippen LogP contribution in [0, 0.1) is 5.41 Å². The van der Waals surface area contributed by atoms with Crippen LogP contribution in [0.2, 0.25) is 0 Å². The molecule has 1 saturated heterocycles. The summed E-state index contributed by atoms with van der Waals surface area (Å²) in [6, 6.07) is 0.417. The molecule has 0 radical (unpaired) electrons. The normalized spacial score (nSPS) is 37.6. The number of hydrogen-bond donors (Lipinski definition) is 1. The average molecular weight is 241 g/mol. The molecule has 2 nitrogen and oxygen atoms in total. The van der Waals surface area contributed by atoms with Crippen molar-refractivity contribution in [2.24, 2.45) is 5.41 Å². The maximum Gasteiger partial charge on any atom is 0.236 e. The Morgan fingerprint density at radius 2 is 2.06 bits per heavy atom. The van der Waals surface area contributed by atoms with Gasteiger partial charge < -0.3 is 5.32 Å². The minimum atomic E-state index is -0.146. The van der Waals surface area contributed by atoms with Crippen LogP contribution in [0.3, 0.4) is 0 Å². The first-order valence-electron chi connectivity index (χ1n) is 6.36. The lowest BCUT2D eigenvalue weighted by Gasteiger charge is -2.25. The molecule has 2 rings (SSSR count). The summed E-state index contributed by atoms with van der Waals surface area (Å²) in [7, 11) is 0. The zero-order valence-electron chi connectivity index (χ0n) is 10.6. The Labute approximate surface area is 103 Å². The fraction of sp³-hybridized carbons (Fsp3) is 0.923. The molecule has 1 N–H and O–H groups in total. The smallest absolute Gasteiger partial charge is 0.236 e. The summed E-state index contributed by atoms with van der Waals surface area (Å²) in [5.74, 6) is 1.41. The van der Waals surface area contributed by atoms with Crippen LogP contribution in [-0.4, -0.2) is 22.4 Å². The minimum Gasteiger partial charge on any atom is -0.352 e. The molecule has 0 aromatic heterocycles. The van der Waals surface area contributed by atoms with E-state index in [0.717, 1.165) is 25.0 Å². The van der Waals surface area contributed by atoms with E-state index in [0.29, 0.717) is 11.5 Å². The van der Waals surface area contributed by atoms with Crippen LogP contribution in [-0.2, 0) is 4.79 Å². The van der Waals surface area contributed by atoms with E-state index in [9.17, 15) is 4.79 Å². The fourth-order valence-electron chi connectivity index (χ4n) is 2.86. The van der Waals surface area contributed by atoms with Gasteiger partial charge in [-0.15, -0.1) is 11.8 Å². The van der Waals surface area contributed by atoms with Crippen LogP contribution in [0.5, 0.6) is 0 Å². The van der Waals surface area contributed by atoms with E-state index < -0.39 is 0 Å². The molecule has 1 aliphatic heterocycles. The number of hydrogen-bond acceptors (Lipinski definition) is 2. The second-order valence-electron chi connectivity index (χ2n) is 6.26. The molecule has 0 bridgehead atoms. The van der Waals surface area contributed by atoms with Crippen molar-refractivity contribution >= 4 is 17.7 Å². The summed E-state index contributed by atoms with van der Waals surface area (Å²) in [6.07, 6.45) is 5.76. The summed E-state index contributed by atoms with van der Waals surface area (Å²) < 4.78 is -0.146. The van der Waals surface area contributed by atoms with Crippen LogP contribution in [0.1, 0.15) is 52.9 Å². The van der Waals surface area contributed by atoms with Crippen molar-refractivity contribution in [3.8, 4) is 0 Å². The standard InChI is InChI=1S/C13H23NOS/c1-12(2)7-5-10(9-12)14-11(15)13(3)6-4-8-16-13/h10H,4-9H2,1-3H3,(H,14,15). The molecule has 1 saturated carbocycles. The van der Waals surface area contributed by atoms with Crippen molar-refractivity contribution < 1.29 is 4.79 Å². The van der Waals surface area contributed by atoms with Crippen LogP contribution in [0.15, 0.2) is 0 Å². The van der Waals surface area contributed by atoms with Crippen LogP contribution in [0.25, 0.3) is 0 Å². The summed E-state index contributed by atoms with van der Waals surface area (Å²) in [4.78, 5) is 12.2. The highest BCUT2D eigenvalue weighted by Gasteiger charge is 2.40. The molecule has 2 atom stereocenters. The molecule has 2 fully saturated rings. The molecule has 1 heterocycles. The predicted octanol–water partition coefficient (Wildman–Crippen LogP) is 2.97. The van der Waals surface area contributed by atoms with Crippen molar-refractivity contribution in [3.05, 3.63) is 0 Å². The lowest BCUT2D eigenvalue weighted by molar-refractivity contribution is -0.123. The summed E-state index contributed by atoms with van der Waals surface area (Å²) >= 11 is 1.82. The van der Waals surface area contributed by atoms with Crippen molar-refractivity contribution in [1.82, 2.24) is 5.32 Å².